The molecule has 0 bridgehead atoms. The summed E-state index contributed by atoms with van der Waals surface area (Å²) in [6.07, 6.45) is -3.84. The molecule has 3 aliphatic rings. The molecular formula is C47H72N9O16PSSi2. The highest BCUT2D eigenvalue weighted by Crippen LogP contribution is 2.52. The molecule has 5 heterocycles. The van der Waals surface area contributed by atoms with Gasteiger partial charge in [0.05, 0.1) is 43.6 Å². The highest BCUT2D eigenvalue weighted by atomic mass is 32.2. The lowest BCUT2D eigenvalue weighted by molar-refractivity contribution is -0.142. The number of hydrogen-bond acceptors (Lipinski definition) is 18. The first-order chi connectivity index (χ1) is 35.1. The molecule has 0 amide bonds. The van der Waals surface area contributed by atoms with Gasteiger partial charge in [-0.05, 0) is 81.1 Å². The lowest BCUT2D eigenvalue weighted by Crippen LogP contribution is -2.59. The Morgan fingerprint density at radius 2 is 1.50 bits per heavy atom. The van der Waals surface area contributed by atoms with E-state index in [-0.39, 0.29) is 60.1 Å². The Labute approximate surface area is 443 Å². The molecule has 76 heavy (non-hydrogen) atoms. The van der Waals surface area contributed by atoms with Gasteiger partial charge in [0, 0.05) is 47.9 Å². The number of nitrogens with zero attached hydrogens (tertiary/aromatic N) is 7. The van der Waals surface area contributed by atoms with Crippen molar-refractivity contribution >= 4 is 40.5 Å². The number of benzene rings is 1. The average Bonchev–Trinajstić information content (AvgIpc) is 3.94. The fourth-order valence-electron chi connectivity index (χ4n) is 8.47. The molecule has 29 heteroatoms. The lowest BCUT2D eigenvalue weighted by atomic mass is 9.89. The number of aryl methyl sites for hydroxylation is 2. The number of para-hydroxylation sites is 1. The van der Waals surface area contributed by atoms with E-state index in [4.69, 9.17) is 42.0 Å². The molecular weight excluding hydrogens is 1070 g/mol. The molecule has 1 spiro atoms. The predicted molar refractivity (Wildman–Crippen MR) is 285 cm³/mol. The highest BCUT2D eigenvalue weighted by Gasteiger charge is 2.67. The summed E-state index contributed by atoms with van der Waals surface area (Å²) < 4.78 is 93.7. The Balaban J connectivity index is 1.30. The number of methoxy groups -OCH3 is 1. The third-order valence-corrected chi connectivity index (χ3v) is 26.5. The molecule has 9 unspecified atom stereocenters. The second-order valence-corrected chi connectivity index (χ2v) is 35.0. The number of nitrogens with one attached hydrogen (secondary N) is 1. The summed E-state index contributed by atoms with van der Waals surface area (Å²) in [5.41, 5.74) is 11.2. The van der Waals surface area contributed by atoms with Gasteiger partial charge in [-0.2, -0.15) is 13.5 Å². The van der Waals surface area contributed by atoms with Gasteiger partial charge in [-0.3, -0.25) is 37.2 Å². The van der Waals surface area contributed by atoms with Crippen LogP contribution in [0.2, 0.25) is 36.3 Å². The van der Waals surface area contributed by atoms with Crippen molar-refractivity contribution in [1.82, 2.24) is 23.4 Å². The first-order valence-electron chi connectivity index (χ1n) is 24.7. The Kier molecular flexibility index (Phi) is 17.8. The number of carbonyl (C=O) groups is 1. The van der Waals surface area contributed by atoms with E-state index in [1.807, 2.05) is 67.7 Å². The van der Waals surface area contributed by atoms with Crippen LogP contribution in [0.4, 0.5) is 0 Å². The summed E-state index contributed by atoms with van der Waals surface area (Å²) in [6, 6.07) is 5.88. The molecule has 25 nitrogen and oxygen atoms in total. The standard InChI is InChI=1S/C47H72N9O16PSSi2/c1-29-24-55(37-23-33(50-52-49)34(68-37)26-66-73(62,51-31(3)42(59)65-10)70-32-19-16-15-17-20-32)43(60)53(39(29)57)21-18-22-54-40(58)30(2)25-56(44(54)61)41-38(71-76(13,14)46(7,8)9)47(35(48)28-74(63,64)72-47)36(69-41)27-67-75(11,12)45(4,5)6/h15-17,19-20,24-25,28,31,33-34,36-38,41H,18,21-23,26-27,48H2,1-14H3,(H,51,62). The largest absolute Gasteiger partial charge is 0.468 e. The summed E-state index contributed by atoms with van der Waals surface area (Å²) in [7, 11) is -13.1. The number of hydrogen-bond donors (Lipinski definition) is 2. The number of carbonyl (C=O) groups excluding carboxylic acids is 1. The van der Waals surface area contributed by atoms with Crippen LogP contribution in [0.25, 0.3) is 10.4 Å². The molecule has 2 fully saturated rings. The van der Waals surface area contributed by atoms with Gasteiger partial charge >= 0.3 is 25.1 Å². The van der Waals surface area contributed by atoms with Crippen molar-refractivity contribution in [3.05, 3.63) is 117 Å². The normalized spacial score (nSPS) is 24.9. The molecule has 3 aliphatic heterocycles. The maximum Gasteiger partial charge on any atom is 0.459 e. The van der Waals surface area contributed by atoms with Gasteiger partial charge in [0.25, 0.3) is 21.2 Å². The summed E-state index contributed by atoms with van der Waals surface area (Å²) in [6.45, 7) is 23.1. The van der Waals surface area contributed by atoms with Crippen LogP contribution in [0.1, 0.15) is 84.9 Å². The first kappa shape index (κ1) is 60.3. The zero-order chi connectivity index (χ0) is 56.7. The van der Waals surface area contributed by atoms with Crippen LogP contribution in [0.15, 0.2) is 78.1 Å². The van der Waals surface area contributed by atoms with E-state index in [0.29, 0.717) is 0 Å². The molecule has 0 radical (unpaired) electrons. The summed E-state index contributed by atoms with van der Waals surface area (Å²) in [5, 5.41) is 6.48. The van der Waals surface area contributed by atoms with Crippen molar-refractivity contribution in [1.29, 1.82) is 0 Å². The monoisotopic (exact) mass is 1140 g/mol. The van der Waals surface area contributed by atoms with Crippen molar-refractivity contribution in [2.45, 2.75) is 173 Å². The number of azide groups is 1. The smallest absolute Gasteiger partial charge is 0.459 e. The maximum absolute atomic E-state index is 14.8. The van der Waals surface area contributed by atoms with Gasteiger partial charge in [-0.1, -0.05) is 64.9 Å². The van der Waals surface area contributed by atoms with Gasteiger partial charge < -0.3 is 33.3 Å². The predicted octanol–water partition coefficient (Wildman–Crippen LogP) is 5.57. The number of rotatable bonds is 20. The van der Waals surface area contributed by atoms with E-state index in [9.17, 15) is 42.5 Å². The van der Waals surface area contributed by atoms with E-state index < -0.39 is 123 Å². The van der Waals surface area contributed by atoms with Crippen molar-refractivity contribution in [2.24, 2.45) is 10.8 Å². The topological polar surface area (TPSA) is 317 Å². The second kappa shape index (κ2) is 22.4. The quantitative estimate of drug-likeness (QED) is 0.0266. The molecule has 6 rings (SSSR count). The fraction of sp³-hybridized carbons (Fsp3) is 0.638. The van der Waals surface area contributed by atoms with E-state index in [1.54, 1.807) is 18.2 Å². The van der Waals surface area contributed by atoms with E-state index in [0.717, 1.165) is 30.8 Å². The highest BCUT2D eigenvalue weighted by molar-refractivity contribution is 7.90. The minimum absolute atomic E-state index is 0.0873. The molecule has 9 atom stereocenters. The summed E-state index contributed by atoms with van der Waals surface area (Å²) in [5.74, 6) is -0.615. The number of nitrogens with two attached hydrogens (primary N) is 1. The maximum atomic E-state index is 14.8. The summed E-state index contributed by atoms with van der Waals surface area (Å²) >= 11 is 0. The minimum atomic E-state index is -4.39. The van der Waals surface area contributed by atoms with Gasteiger partial charge in [-0.15, -0.1) is 0 Å². The Hall–Kier alpha value is -4.97. The number of esters is 1. The van der Waals surface area contributed by atoms with Crippen LogP contribution < -0.4 is 37.8 Å². The van der Waals surface area contributed by atoms with Crippen molar-refractivity contribution in [2.75, 3.05) is 20.3 Å². The van der Waals surface area contributed by atoms with Crippen LogP contribution in [0.5, 0.6) is 5.75 Å². The third-order valence-electron chi connectivity index (χ3n) is 14.8. The number of ether oxygens (including phenoxy) is 3. The van der Waals surface area contributed by atoms with Crippen LogP contribution in [0.3, 0.4) is 0 Å². The van der Waals surface area contributed by atoms with Gasteiger partial charge in [0.15, 0.2) is 28.5 Å². The molecule has 3 N–H and O–H groups in total. The molecule has 1 aromatic carbocycles. The van der Waals surface area contributed by atoms with Gasteiger partial charge in [0.1, 0.15) is 30.2 Å². The van der Waals surface area contributed by atoms with Crippen LogP contribution in [-0.2, 0) is 64.3 Å². The molecule has 0 saturated carbocycles. The van der Waals surface area contributed by atoms with Gasteiger partial charge in [0.2, 0.25) is 0 Å². The van der Waals surface area contributed by atoms with E-state index >= 15 is 0 Å². The van der Waals surface area contributed by atoms with E-state index in [2.05, 4.69) is 15.1 Å². The van der Waals surface area contributed by atoms with Gasteiger partial charge in [-0.25, -0.2) is 18.3 Å². The second-order valence-electron chi connectivity index (χ2n) is 22.3. The molecule has 420 valence electrons. The lowest BCUT2D eigenvalue weighted by Gasteiger charge is -2.43. The fourth-order valence-corrected chi connectivity index (χ4v) is 13.5. The van der Waals surface area contributed by atoms with Crippen LogP contribution in [0, 0.1) is 13.8 Å². The Morgan fingerprint density at radius 1 is 0.934 bits per heavy atom. The zero-order valence-electron chi connectivity index (χ0n) is 45.5. The SMILES string of the molecule is COC(=O)C(C)NP(=O)(OCC1OC(n2cc(C)c(=O)n(CCCn3c(=O)c(C)cn(C4OC(CO[Si](C)(C)C(C)(C)C)C5(OS(=O)(=O)C=C5N)C4O[Si](C)(C)C(C)(C)C)c3=O)c2=O)CC1N=[N+]=[N-])Oc1ccccc1. The van der Waals surface area contributed by atoms with E-state index in [1.165, 1.54) is 45.3 Å². The third kappa shape index (κ3) is 12.5. The summed E-state index contributed by atoms with van der Waals surface area (Å²) in [4.78, 5) is 71.9. The molecule has 2 saturated heterocycles. The zero-order valence-corrected chi connectivity index (χ0v) is 49.2. The van der Waals surface area contributed by atoms with Crippen molar-refractivity contribution in [3.63, 3.8) is 0 Å². The minimum Gasteiger partial charge on any atom is -0.468 e. The molecule has 0 aliphatic carbocycles. The first-order valence-corrected chi connectivity index (χ1v) is 33.6. The average molecular weight is 1140 g/mol. The van der Waals surface area contributed by atoms with Crippen LogP contribution >= 0.6 is 7.75 Å². The number of aromatic nitrogens is 4. The Morgan fingerprint density at radius 3 is 2.03 bits per heavy atom. The van der Waals surface area contributed by atoms with Crippen molar-refractivity contribution in [3.8, 4) is 5.75 Å². The van der Waals surface area contributed by atoms with Crippen LogP contribution in [-0.4, -0.2) is 106 Å². The molecule has 2 aromatic heterocycles. The van der Waals surface area contributed by atoms with Crippen molar-refractivity contribution < 1.29 is 54.1 Å². The Bertz CT molecular complexity index is 3160. The molecule has 3 aromatic rings.